The summed E-state index contributed by atoms with van der Waals surface area (Å²) in [5.41, 5.74) is 16.9. The second kappa shape index (κ2) is 13.0. The van der Waals surface area contributed by atoms with Gasteiger partial charge in [-0.1, -0.05) is 169 Å². The molecule has 10 aromatic rings. The van der Waals surface area contributed by atoms with E-state index in [9.17, 15) is 0 Å². The number of hydrogen-bond donors (Lipinski definition) is 0. The van der Waals surface area contributed by atoms with Crippen LogP contribution in [0.15, 0.2) is 228 Å². The zero-order chi connectivity index (χ0) is 38.2. The van der Waals surface area contributed by atoms with Crippen LogP contribution in [0.25, 0.3) is 49.7 Å². The Morgan fingerprint density at radius 2 is 0.983 bits per heavy atom. The number of fused-ring (bicyclic) bond motifs is 9. The van der Waals surface area contributed by atoms with E-state index in [4.69, 9.17) is 0 Å². The lowest BCUT2D eigenvalue weighted by atomic mass is 9.68. The lowest BCUT2D eigenvalue weighted by molar-refractivity contribution is 0.767. The molecule has 0 saturated heterocycles. The molecule has 0 amide bonds. The van der Waals surface area contributed by atoms with Gasteiger partial charge in [0.1, 0.15) is 0 Å². The van der Waals surface area contributed by atoms with E-state index in [1.54, 1.807) is 0 Å². The first-order valence-electron chi connectivity index (χ1n) is 19.9. The molecule has 0 saturated carbocycles. The molecule has 0 bridgehead atoms. The molecule has 9 aromatic carbocycles. The number of nitrogens with zero attached hydrogens (tertiary/aromatic N) is 2. The van der Waals surface area contributed by atoms with Gasteiger partial charge in [0.2, 0.25) is 0 Å². The smallest absolute Gasteiger partial charge is 0.0714 e. The number of aromatic nitrogens is 1. The van der Waals surface area contributed by atoms with Gasteiger partial charge in [0.25, 0.3) is 0 Å². The maximum atomic E-state index is 2.48. The summed E-state index contributed by atoms with van der Waals surface area (Å²) in [6.45, 7) is 0. The summed E-state index contributed by atoms with van der Waals surface area (Å²) in [6, 6.07) is 80.4. The summed E-state index contributed by atoms with van der Waals surface area (Å²) >= 11 is 1.91. The third-order valence-electron chi connectivity index (χ3n) is 12.2. The van der Waals surface area contributed by atoms with Crippen LogP contribution in [0.2, 0.25) is 0 Å². The van der Waals surface area contributed by atoms with Crippen LogP contribution in [0.4, 0.5) is 17.1 Å². The van der Waals surface area contributed by atoms with E-state index in [-0.39, 0.29) is 0 Å². The van der Waals surface area contributed by atoms with E-state index in [0.717, 1.165) is 5.69 Å². The molecule has 0 atom stereocenters. The summed E-state index contributed by atoms with van der Waals surface area (Å²) in [5.74, 6) is 0. The molecule has 1 aliphatic heterocycles. The molecule has 1 aromatic heterocycles. The highest BCUT2D eigenvalue weighted by Gasteiger charge is 2.48. The summed E-state index contributed by atoms with van der Waals surface area (Å²) in [5, 5.41) is 2.51. The lowest BCUT2D eigenvalue weighted by Crippen LogP contribution is -2.28. The standard InChI is InChI=1S/C55H36N2S/c1-5-17-39(18-6-1)55(40-19-7-2-8-20-40)46-27-15-13-26-44(46)53-47(55)31-33-50-54(53)58-52-34-30-38(36-51(52)57(50)42-23-11-4-12-24-42)37-29-32-49-45(35-37)43-25-14-16-28-48(43)56(49)41-21-9-3-10-22-41/h1-36H. The van der Waals surface area contributed by atoms with Gasteiger partial charge in [-0.3, -0.25) is 0 Å². The Kier molecular flexibility index (Phi) is 7.41. The number of rotatable bonds is 5. The highest BCUT2D eigenvalue weighted by molar-refractivity contribution is 8.00. The zero-order valence-electron chi connectivity index (χ0n) is 31.6. The monoisotopic (exact) mass is 756 g/mol. The van der Waals surface area contributed by atoms with Crippen LogP contribution in [0.1, 0.15) is 22.3 Å². The third-order valence-corrected chi connectivity index (χ3v) is 13.4. The van der Waals surface area contributed by atoms with Gasteiger partial charge in [-0.2, -0.15) is 0 Å². The molecule has 0 unspecified atom stereocenters. The number of anilines is 3. The van der Waals surface area contributed by atoms with E-state index in [1.165, 1.54) is 93.2 Å². The Bertz CT molecular complexity index is 3150. The fourth-order valence-electron chi connectivity index (χ4n) is 9.83. The Morgan fingerprint density at radius 3 is 1.72 bits per heavy atom. The first-order chi connectivity index (χ1) is 28.8. The van der Waals surface area contributed by atoms with E-state index in [0.29, 0.717) is 0 Å². The number of benzene rings is 9. The first-order valence-corrected chi connectivity index (χ1v) is 20.8. The summed E-state index contributed by atoms with van der Waals surface area (Å²) in [4.78, 5) is 5.01. The molecule has 0 spiro atoms. The van der Waals surface area contributed by atoms with Crippen LogP contribution < -0.4 is 4.90 Å². The van der Waals surface area contributed by atoms with Crippen LogP contribution in [0.5, 0.6) is 0 Å². The molecule has 1 aliphatic carbocycles. The summed E-state index contributed by atoms with van der Waals surface area (Å²) < 4.78 is 2.38. The van der Waals surface area contributed by atoms with Crippen molar-refractivity contribution >= 4 is 50.6 Å². The SMILES string of the molecule is c1ccc(N2c3cc(-c4ccc5c(c4)c4ccccc4n5-c4ccccc4)ccc3Sc3c2ccc2c3-c3ccccc3C2(c2ccccc2)c2ccccc2)cc1. The minimum absolute atomic E-state index is 0.450. The highest BCUT2D eigenvalue weighted by Crippen LogP contribution is 2.63. The molecule has 272 valence electrons. The van der Waals surface area contributed by atoms with Crippen molar-refractivity contribution in [3.05, 3.63) is 241 Å². The van der Waals surface area contributed by atoms with Crippen molar-refractivity contribution < 1.29 is 0 Å². The van der Waals surface area contributed by atoms with Crippen LogP contribution in [-0.4, -0.2) is 4.57 Å². The topological polar surface area (TPSA) is 8.17 Å². The van der Waals surface area contributed by atoms with Gasteiger partial charge in [-0.25, -0.2) is 0 Å². The van der Waals surface area contributed by atoms with E-state index in [1.807, 2.05) is 11.8 Å². The molecule has 2 nitrogen and oxygen atoms in total. The predicted molar refractivity (Wildman–Crippen MR) is 242 cm³/mol. The molecule has 0 fully saturated rings. The molecular formula is C55H36N2S. The van der Waals surface area contributed by atoms with Crippen LogP contribution in [0.3, 0.4) is 0 Å². The van der Waals surface area contributed by atoms with Gasteiger partial charge >= 0.3 is 0 Å². The maximum Gasteiger partial charge on any atom is 0.0714 e. The number of para-hydroxylation sites is 3. The lowest BCUT2D eigenvalue weighted by Gasteiger charge is -2.36. The minimum Gasteiger partial charge on any atom is -0.309 e. The van der Waals surface area contributed by atoms with E-state index >= 15 is 0 Å². The molecule has 2 aliphatic rings. The largest absolute Gasteiger partial charge is 0.309 e. The Hall–Kier alpha value is -7.07. The fourth-order valence-corrected chi connectivity index (χ4v) is 11.0. The molecule has 0 N–H and O–H groups in total. The Balaban J connectivity index is 1.06. The minimum atomic E-state index is -0.450. The molecule has 2 heterocycles. The van der Waals surface area contributed by atoms with Crippen LogP contribution in [0, 0.1) is 0 Å². The molecular weight excluding hydrogens is 721 g/mol. The fraction of sp³-hybridized carbons (Fsp3) is 0.0182. The molecule has 3 heteroatoms. The number of hydrogen-bond acceptors (Lipinski definition) is 2. The van der Waals surface area contributed by atoms with Crippen LogP contribution in [-0.2, 0) is 5.41 Å². The molecule has 0 radical (unpaired) electrons. The average molecular weight is 757 g/mol. The van der Waals surface area contributed by atoms with Crippen molar-refractivity contribution in [3.8, 4) is 27.9 Å². The second-order valence-corrected chi connectivity index (χ2v) is 16.3. The van der Waals surface area contributed by atoms with Gasteiger partial charge in [0.05, 0.1) is 27.8 Å². The highest BCUT2D eigenvalue weighted by atomic mass is 32.2. The van der Waals surface area contributed by atoms with Crippen molar-refractivity contribution in [1.82, 2.24) is 4.57 Å². The quantitative estimate of drug-likeness (QED) is 0.173. The Labute approximate surface area is 342 Å². The van der Waals surface area contributed by atoms with Crippen molar-refractivity contribution in [2.24, 2.45) is 0 Å². The van der Waals surface area contributed by atoms with Crippen molar-refractivity contribution in [3.63, 3.8) is 0 Å². The van der Waals surface area contributed by atoms with Gasteiger partial charge in [0.15, 0.2) is 0 Å². The Morgan fingerprint density at radius 1 is 0.397 bits per heavy atom. The zero-order valence-corrected chi connectivity index (χ0v) is 32.4. The predicted octanol–water partition coefficient (Wildman–Crippen LogP) is 14.7. The van der Waals surface area contributed by atoms with Gasteiger partial charge in [-0.15, -0.1) is 0 Å². The molecule has 58 heavy (non-hydrogen) atoms. The summed E-state index contributed by atoms with van der Waals surface area (Å²) in [7, 11) is 0. The van der Waals surface area contributed by atoms with Crippen LogP contribution >= 0.6 is 11.8 Å². The average Bonchev–Trinajstić information content (AvgIpc) is 3.80. The first kappa shape index (κ1) is 33.1. The third kappa shape index (κ3) is 4.74. The van der Waals surface area contributed by atoms with E-state index < -0.39 is 5.41 Å². The van der Waals surface area contributed by atoms with Crippen molar-refractivity contribution in [2.45, 2.75) is 15.2 Å². The summed E-state index contributed by atoms with van der Waals surface area (Å²) in [6.07, 6.45) is 0. The maximum absolute atomic E-state index is 2.48. The van der Waals surface area contributed by atoms with Gasteiger partial charge in [-0.05, 0) is 99.6 Å². The second-order valence-electron chi connectivity index (χ2n) is 15.2. The van der Waals surface area contributed by atoms with Gasteiger partial charge in [0, 0.05) is 37.5 Å². The molecule has 12 rings (SSSR count). The van der Waals surface area contributed by atoms with E-state index in [2.05, 4.69) is 228 Å². The normalized spacial score (nSPS) is 13.6. The van der Waals surface area contributed by atoms with Crippen molar-refractivity contribution in [2.75, 3.05) is 4.90 Å². The van der Waals surface area contributed by atoms with Gasteiger partial charge < -0.3 is 9.47 Å². The van der Waals surface area contributed by atoms with Crippen molar-refractivity contribution in [1.29, 1.82) is 0 Å².